The monoisotopic (exact) mass is 419 g/mol. The molecule has 0 spiro atoms. The number of aryl methyl sites for hydroxylation is 1. The van der Waals surface area contributed by atoms with Gasteiger partial charge in [-0.05, 0) is 18.9 Å². The van der Waals surface area contributed by atoms with Crippen molar-refractivity contribution in [3.63, 3.8) is 0 Å². The highest BCUT2D eigenvalue weighted by atomic mass is 32.2. The molecule has 1 unspecified atom stereocenters. The second-order valence-corrected chi connectivity index (χ2v) is 10.4. The molecule has 1 N–H and O–H groups in total. The summed E-state index contributed by atoms with van der Waals surface area (Å²) in [5.41, 5.74) is -0.0443. The summed E-state index contributed by atoms with van der Waals surface area (Å²) in [6.07, 6.45) is 0.289. The van der Waals surface area contributed by atoms with Crippen molar-refractivity contribution in [2.75, 3.05) is 24.6 Å². The molecule has 10 nitrogen and oxygen atoms in total. The lowest BCUT2D eigenvalue weighted by molar-refractivity contribution is -0.385. The molecule has 1 aromatic rings. The number of sulfonamides is 1. The molecular weight excluding hydrogens is 398 g/mol. The van der Waals surface area contributed by atoms with Gasteiger partial charge < -0.3 is 5.32 Å². The maximum absolute atomic E-state index is 12.9. The molecule has 12 heteroatoms. The van der Waals surface area contributed by atoms with Crippen LogP contribution < -0.4 is 5.32 Å². The van der Waals surface area contributed by atoms with Crippen LogP contribution in [-0.4, -0.2) is 62.6 Å². The van der Waals surface area contributed by atoms with Crippen molar-refractivity contribution >= 4 is 31.5 Å². The number of benzene rings is 1. The average Bonchev–Trinajstić information content (AvgIpc) is 2.90. The second kappa shape index (κ2) is 7.90. The summed E-state index contributed by atoms with van der Waals surface area (Å²) < 4.78 is 49.5. The maximum atomic E-state index is 12.9. The molecule has 1 atom stereocenters. The average molecular weight is 419 g/mol. The van der Waals surface area contributed by atoms with Gasteiger partial charge in [-0.1, -0.05) is 13.0 Å². The second-order valence-electron chi connectivity index (χ2n) is 6.31. The third-order valence-corrected chi connectivity index (χ3v) is 8.10. The molecule has 1 fully saturated rings. The van der Waals surface area contributed by atoms with E-state index in [-0.39, 0.29) is 35.1 Å². The molecular formula is C15H21N3O7S2. The topological polar surface area (TPSA) is 144 Å². The molecule has 1 aliphatic rings. The first-order valence-electron chi connectivity index (χ1n) is 8.21. The number of amides is 1. The molecule has 1 heterocycles. The Hall–Kier alpha value is -2.05. The minimum atomic E-state index is -4.14. The van der Waals surface area contributed by atoms with Crippen molar-refractivity contribution in [3.05, 3.63) is 33.9 Å². The first kappa shape index (κ1) is 21.3. The fourth-order valence-electron chi connectivity index (χ4n) is 2.83. The van der Waals surface area contributed by atoms with Crippen LogP contribution in [0, 0.1) is 17.0 Å². The molecule has 0 aromatic heterocycles. The van der Waals surface area contributed by atoms with E-state index in [4.69, 9.17) is 0 Å². The van der Waals surface area contributed by atoms with Gasteiger partial charge in [0.05, 0.1) is 27.9 Å². The predicted octanol–water partition coefficient (Wildman–Crippen LogP) is 0.217. The van der Waals surface area contributed by atoms with E-state index in [1.807, 2.05) is 0 Å². The number of nitro groups is 1. The first-order valence-corrected chi connectivity index (χ1v) is 11.5. The number of hydrogen-bond acceptors (Lipinski definition) is 7. The van der Waals surface area contributed by atoms with Crippen LogP contribution in [0.15, 0.2) is 23.1 Å². The van der Waals surface area contributed by atoms with Gasteiger partial charge >= 0.3 is 0 Å². The van der Waals surface area contributed by atoms with Crippen LogP contribution in [0.2, 0.25) is 0 Å². The number of nitrogens with zero attached hydrogens (tertiary/aromatic N) is 2. The number of non-ortho nitro benzene ring substituents is 1. The fraction of sp³-hybridized carbons (Fsp3) is 0.533. The highest BCUT2D eigenvalue weighted by molar-refractivity contribution is 7.91. The molecule has 0 radical (unpaired) electrons. The standard InChI is InChI=1S/C15H21N3O7S2/c1-3-17(9-15(19)16-12-6-7-26(22,23)10-12)27(24,25)14-8-13(18(20)21)5-4-11(14)2/h4-5,8,12H,3,6-7,9-10H2,1-2H3,(H,16,19). The Morgan fingerprint density at radius 1 is 1.41 bits per heavy atom. The minimum Gasteiger partial charge on any atom is -0.351 e. The molecule has 150 valence electrons. The zero-order valence-corrected chi connectivity index (χ0v) is 16.5. The van der Waals surface area contributed by atoms with E-state index in [0.29, 0.717) is 5.56 Å². The maximum Gasteiger partial charge on any atom is 0.270 e. The van der Waals surface area contributed by atoms with Gasteiger partial charge in [0.15, 0.2) is 9.84 Å². The van der Waals surface area contributed by atoms with Gasteiger partial charge in [0.1, 0.15) is 0 Å². The van der Waals surface area contributed by atoms with Gasteiger partial charge in [-0.3, -0.25) is 14.9 Å². The molecule has 0 bridgehead atoms. The summed E-state index contributed by atoms with van der Waals surface area (Å²) in [5.74, 6) is -0.798. The Morgan fingerprint density at radius 3 is 2.59 bits per heavy atom. The molecule has 1 aromatic carbocycles. The molecule has 1 saturated heterocycles. The smallest absolute Gasteiger partial charge is 0.270 e. The van der Waals surface area contributed by atoms with E-state index in [2.05, 4.69) is 5.32 Å². The summed E-state index contributed by atoms with van der Waals surface area (Å²) >= 11 is 0. The number of nitro benzene ring substituents is 1. The van der Waals surface area contributed by atoms with E-state index in [1.165, 1.54) is 26.0 Å². The van der Waals surface area contributed by atoms with Crippen molar-refractivity contribution < 1.29 is 26.6 Å². The summed E-state index contributed by atoms with van der Waals surface area (Å²) in [7, 11) is -7.32. The van der Waals surface area contributed by atoms with Crippen molar-refractivity contribution in [2.45, 2.75) is 31.2 Å². The number of sulfone groups is 1. The number of rotatable bonds is 7. The van der Waals surface area contributed by atoms with Crippen LogP contribution in [0.25, 0.3) is 0 Å². The normalized spacial score (nSPS) is 19.1. The van der Waals surface area contributed by atoms with Crippen molar-refractivity contribution in [1.29, 1.82) is 0 Å². The Morgan fingerprint density at radius 2 is 2.07 bits per heavy atom. The Balaban J connectivity index is 2.19. The third kappa shape index (κ3) is 5.02. The summed E-state index contributed by atoms with van der Waals surface area (Å²) in [6, 6.07) is 2.97. The molecule has 2 rings (SSSR count). The number of nitrogens with one attached hydrogen (secondary N) is 1. The number of carbonyl (C=O) groups is 1. The van der Waals surface area contributed by atoms with E-state index < -0.39 is 43.3 Å². The van der Waals surface area contributed by atoms with Crippen LogP contribution in [0.4, 0.5) is 5.69 Å². The number of carbonyl (C=O) groups excluding carboxylic acids is 1. The quantitative estimate of drug-likeness (QED) is 0.491. The lowest BCUT2D eigenvalue weighted by Gasteiger charge is -2.22. The highest BCUT2D eigenvalue weighted by Crippen LogP contribution is 2.24. The molecule has 27 heavy (non-hydrogen) atoms. The van der Waals surface area contributed by atoms with Gasteiger partial charge in [0.2, 0.25) is 15.9 Å². The van der Waals surface area contributed by atoms with Crippen LogP contribution in [0.1, 0.15) is 18.9 Å². The Bertz CT molecular complexity index is 958. The van der Waals surface area contributed by atoms with Gasteiger partial charge in [0, 0.05) is 24.7 Å². The number of likely N-dealkylation sites (N-methyl/N-ethyl adjacent to an activating group) is 1. The highest BCUT2D eigenvalue weighted by Gasteiger charge is 2.32. The lowest BCUT2D eigenvalue weighted by atomic mass is 10.2. The van der Waals surface area contributed by atoms with Crippen molar-refractivity contribution in [2.24, 2.45) is 0 Å². The summed E-state index contributed by atoms with van der Waals surface area (Å²) in [5, 5.41) is 13.5. The molecule has 0 saturated carbocycles. The van der Waals surface area contributed by atoms with Crippen LogP contribution in [-0.2, 0) is 24.7 Å². The van der Waals surface area contributed by atoms with Gasteiger partial charge in [0.25, 0.3) is 5.69 Å². The molecule has 1 aliphatic heterocycles. The van der Waals surface area contributed by atoms with Crippen LogP contribution in [0.5, 0.6) is 0 Å². The van der Waals surface area contributed by atoms with Gasteiger partial charge in [-0.15, -0.1) is 0 Å². The summed E-state index contributed by atoms with van der Waals surface area (Å²) in [6.45, 7) is 2.52. The zero-order chi connectivity index (χ0) is 20.4. The SMILES string of the molecule is CCN(CC(=O)NC1CCS(=O)(=O)C1)S(=O)(=O)c1cc([N+](=O)[O-])ccc1C. The largest absolute Gasteiger partial charge is 0.351 e. The van der Waals surface area contributed by atoms with Crippen molar-refractivity contribution in [3.8, 4) is 0 Å². The van der Waals surface area contributed by atoms with E-state index in [9.17, 15) is 31.7 Å². The Kier molecular flexibility index (Phi) is 6.22. The summed E-state index contributed by atoms with van der Waals surface area (Å²) in [4.78, 5) is 22.2. The fourth-order valence-corrected chi connectivity index (χ4v) is 6.15. The van der Waals surface area contributed by atoms with Crippen LogP contribution >= 0.6 is 0 Å². The molecule has 0 aliphatic carbocycles. The number of hydrogen-bond donors (Lipinski definition) is 1. The van der Waals surface area contributed by atoms with E-state index in [1.54, 1.807) is 0 Å². The minimum absolute atomic E-state index is 0.0133. The zero-order valence-electron chi connectivity index (χ0n) is 14.9. The molecule has 1 amide bonds. The predicted molar refractivity (Wildman–Crippen MR) is 97.5 cm³/mol. The Labute approximate surface area is 157 Å². The van der Waals surface area contributed by atoms with Gasteiger partial charge in [-0.25, -0.2) is 16.8 Å². The van der Waals surface area contributed by atoms with Crippen LogP contribution in [0.3, 0.4) is 0 Å². The van der Waals surface area contributed by atoms with Crippen molar-refractivity contribution in [1.82, 2.24) is 9.62 Å². The first-order chi connectivity index (χ1) is 12.5. The van der Waals surface area contributed by atoms with E-state index in [0.717, 1.165) is 10.4 Å². The van der Waals surface area contributed by atoms with Gasteiger partial charge in [-0.2, -0.15) is 4.31 Å². The lowest BCUT2D eigenvalue weighted by Crippen LogP contribution is -2.44. The van der Waals surface area contributed by atoms with E-state index >= 15 is 0 Å². The third-order valence-electron chi connectivity index (χ3n) is 4.27.